The van der Waals surface area contributed by atoms with Gasteiger partial charge in [-0.15, -0.1) is 0 Å². The Kier molecular flexibility index (Phi) is 5.03. The van der Waals surface area contributed by atoms with E-state index in [4.69, 9.17) is 4.42 Å². The van der Waals surface area contributed by atoms with Gasteiger partial charge in [0.1, 0.15) is 11.2 Å². The van der Waals surface area contributed by atoms with E-state index in [0.29, 0.717) is 0 Å². The van der Waals surface area contributed by atoms with Crippen molar-refractivity contribution in [2.75, 3.05) is 0 Å². The summed E-state index contributed by atoms with van der Waals surface area (Å²) in [6, 6.07) is 37.1. The Morgan fingerprint density at radius 3 is 2.24 bits per heavy atom. The molecule has 0 radical (unpaired) electrons. The van der Waals surface area contributed by atoms with Crippen LogP contribution in [0.2, 0.25) is 0 Å². The zero-order chi connectivity index (χ0) is 27.9. The SMILES string of the molecule is C/C=C\C1=C(C)c2c(ccc3c2c2ccccc2n3-c2ccc(-c3cccc4c3oc3ccccc34)cc2)C1(C)C. The van der Waals surface area contributed by atoms with Crippen LogP contribution in [0.4, 0.5) is 0 Å². The van der Waals surface area contributed by atoms with Crippen molar-refractivity contribution < 1.29 is 4.42 Å². The summed E-state index contributed by atoms with van der Waals surface area (Å²) in [4.78, 5) is 0. The van der Waals surface area contributed by atoms with Crippen molar-refractivity contribution in [2.24, 2.45) is 0 Å². The topological polar surface area (TPSA) is 18.1 Å². The third-order valence-electron chi connectivity index (χ3n) is 9.14. The molecular weight excluding hydrogens is 498 g/mol. The van der Waals surface area contributed by atoms with Crippen LogP contribution in [0.3, 0.4) is 0 Å². The molecule has 5 aromatic carbocycles. The molecule has 2 heterocycles. The number of benzene rings is 5. The van der Waals surface area contributed by atoms with E-state index in [1.54, 1.807) is 0 Å². The van der Waals surface area contributed by atoms with E-state index in [9.17, 15) is 0 Å². The minimum Gasteiger partial charge on any atom is -0.455 e. The molecule has 7 aromatic rings. The molecule has 8 rings (SSSR count). The van der Waals surface area contributed by atoms with Gasteiger partial charge in [-0.1, -0.05) is 98.8 Å². The summed E-state index contributed by atoms with van der Waals surface area (Å²) in [6.45, 7) is 9.11. The van der Waals surface area contributed by atoms with E-state index < -0.39 is 0 Å². The molecule has 0 saturated heterocycles. The first-order valence-electron chi connectivity index (χ1n) is 14.4. The van der Waals surface area contributed by atoms with Crippen LogP contribution >= 0.6 is 0 Å². The van der Waals surface area contributed by atoms with Crippen LogP contribution in [-0.2, 0) is 5.41 Å². The molecule has 0 fully saturated rings. The molecule has 1 aliphatic carbocycles. The Labute approximate surface area is 239 Å². The number of para-hydroxylation sites is 3. The Balaban J connectivity index is 1.34. The highest BCUT2D eigenvalue weighted by Gasteiger charge is 2.36. The van der Waals surface area contributed by atoms with Crippen molar-refractivity contribution in [1.29, 1.82) is 0 Å². The smallest absolute Gasteiger partial charge is 0.143 e. The number of allylic oxidation sites excluding steroid dienone is 4. The summed E-state index contributed by atoms with van der Waals surface area (Å²) in [5, 5.41) is 4.96. The Hall–Kier alpha value is -4.82. The zero-order valence-electron chi connectivity index (χ0n) is 23.8. The molecule has 0 bridgehead atoms. The summed E-state index contributed by atoms with van der Waals surface area (Å²) in [7, 11) is 0. The molecule has 1 aliphatic rings. The fraction of sp³-hybridized carbons (Fsp3) is 0.128. The number of hydrogen-bond donors (Lipinski definition) is 0. The second-order valence-electron chi connectivity index (χ2n) is 11.7. The zero-order valence-corrected chi connectivity index (χ0v) is 23.8. The van der Waals surface area contributed by atoms with Crippen molar-refractivity contribution in [3.8, 4) is 16.8 Å². The molecule has 0 unspecified atom stereocenters. The van der Waals surface area contributed by atoms with Gasteiger partial charge < -0.3 is 8.98 Å². The number of aromatic nitrogens is 1. The minimum absolute atomic E-state index is 0.0252. The molecule has 198 valence electrons. The van der Waals surface area contributed by atoms with Gasteiger partial charge in [0.15, 0.2) is 0 Å². The number of furan rings is 1. The van der Waals surface area contributed by atoms with Gasteiger partial charge in [-0.25, -0.2) is 0 Å². The van der Waals surface area contributed by atoms with Gasteiger partial charge >= 0.3 is 0 Å². The molecule has 0 atom stereocenters. The Bertz CT molecular complexity index is 2230. The normalized spacial score (nSPS) is 14.8. The van der Waals surface area contributed by atoms with Gasteiger partial charge in [-0.3, -0.25) is 0 Å². The lowest BCUT2D eigenvalue weighted by Crippen LogP contribution is -2.16. The lowest BCUT2D eigenvalue weighted by Gasteiger charge is -2.23. The first kappa shape index (κ1) is 24.0. The highest BCUT2D eigenvalue weighted by molar-refractivity contribution is 6.15. The summed E-state index contributed by atoms with van der Waals surface area (Å²) in [5.74, 6) is 0. The highest BCUT2D eigenvalue weighted by atomic mass is 16.3. The van der Waals surface area contributed by atoms with Crippen molar-refractivity contribution in [1.82, 2.24) is 4.57 Å². The number of fused-ring (bicyclic) bond motifs is 8. The van der Waals surface area contributed by atoms with Gasteiger partial charge in [-0.2, -0.15) is 0 Å². The first-order valence-corrected chi connectivity index (χ1v) is 14.4. The molecule has 41 heavy (non-hydrogen) atoms. The molecule has 2 nitrogen and oxygen atoms in total. The molecule has 2 aromatic heterocycles. The molecule has 0 amide bonds. The quantitative estimate of drug-likeness (QED) is 0.223. The standard InChI is InChI=1S/C39H31NO/c1-5-11-31-24(2)36-32(39(31,3)4)22-23-34-37(36)30-13-6-8-16-33(30)40(34)26-20-18-25(19-21-26)27-14-10-15-29-28-12-7-9-17-35(28)41-38(27)29/h5-23H,1-4H3/b11-5-. The predicted octanol–water partition coefficient (Wildman–Crippen LogP) is 11.0. The fourth-order valence-electron chi connectivity index (χ4n) is 7.26. The van der Waals surface area contributed by atoms with Crippen molar-refractivity contribution in [3.63, 3.8) is 0 Å². The minimum atomic E-state index is -0.0252. The van der Waals surface area contributed by atoms with Crippen LogP contribution in [0.5, 0.6) is 0 Å². The van der Waals surface area contributed by atoms with Crippen molar-refractivity contribution in [2.45, 2.75) is 33.1 Å². The maximum absolute atomic E-state index is 6.34. The van der Waals surface area contributed by atoms with E-state index in [2.05, 4.69) is 135 Å². The van der Waals surface area contributed by atoms with E-state index in [1.165, 1.54) is 44.1 Å². The lowest BCUT2D eigenvalue weighted by atomic mass is 9.80. The molecule has 0 aliphatic heterocycles. The van der Waals surface area contributed by atoms with Gasteiger partial charge in [0.25, 0.3) is 0 Å². The molecule has 0 saturated carbocycles. The third kappa shape index (κ3) is 3.25. The lowest BCUT2D eigenvalue weighted by molar-refractivity contribution is 0.654. The number of hydrogen-bond acceptors (Lipinski definition) is 1. The summed E-state index contributed by atoms with van der Waals surface area (Å²) < 4.78 is 8.76. The fourth-order valence-corrected chi connectivity index (χ4v) is 7.26. The summed E-state index contributed by atoms with van der Waals surface area (Å²) in [5.41, 5.74) is 13.3. The molecule has 2 heteroatoms. The maximum atomic E-state index is 6.34. The van der Waals surface area contributed by atoms with Gasteiger partial charge in [0, 0.05) is 38.2 Å². The number of nitrogens with zero attached hydrogens (tertiary/aromatic N) is 1. The van der Waals surface area contributed by atoms with Crippen molar-refractivity contribution >= 4 is 49.3 Å². The second-order valence-corrected chi connectivity index (χ2v) is 11.7. The van der Waals surface area contributed by atoms with E-state index >= 15 is 0 Å². The largest absolute Gasteiger partial charge is 0.455 e. The Morgan fingerprint density at radius 1 is 0.707 bits per heavy atom. The van der Waals surface area contributed by atoms with E-state index in [0.717, 1.165) is 38.8 Å². The van der Waals surface area contributed by atoms with Gasteiger partial charge in [-0.05, 0) is 72.0 Å². The molecule has 0 N–H and O–H groups in total. The average molecular weight is 530 g/mol. The second kappa shape index (κ2) is 8.59. The number of rotatable bonds is 3. The summed E-state index contributed by atoms with van der Waals surface area (Å²) >= 11 is 0. The van der Waals surface area contributed by atoms with E-state index in [-0.39, 0.29) is 5.41 Å². The van der Waals surface area contributed by atoms with Crippen molar-refractivity contribution in [3.05, 3.63) is 132 Å². The highest BCUT2D eigenvalue weighted by Crippen LogP contribution is 2.51. The van der Waals surface area contributed by atoms with Crippen LogP contribution in [0.25, 0.3) is 66.1 Å². The van der Waals surface area contributed by atoms with Gasteiger partial charge in [0.05, 0.1) is 11.0 Å². The van der Waals surface area contributed by atoms with Crippen LogP contribution in [0, 0.1) is 0 Å². The maximum Gasteiger partial charge on any atom is 0.143 e. The van der Waals surface area contributed by atoms with Crippen LogP contribution < -0.4 is 0 Å². The first-order chi connectivity index (χ1) is 20.0. The third-order valence-corrected chi connectivity index (χ3v) is 9.14. The molecule has 0 spiro atoms. The monoisotopic (exact) mass is 529 g/mol. The average Bonchev–Trinajstić information content (AvgIpc) is 3.60. The van der Waals surface area contributed by atoms with Crippen LogP contribution in [0.1, 0.15) is 38.8 Å². The molecular formula is C39H31NO. The van der Waals surface area contributed by atoms with E-state index in [1.807, 2.05) is 12.1 Å². The van der Waals surface area contributed by atoms with Crippen LogP contribution in [0.15, 0.2) is 125 Å². The predicted molar refractivity (Wildman–Crippen MR) is 174 cm³/mol. The Morgan fingerprint density at radius 2 is 1.44 bits per heavy atom. The summed E-state index contributed by atoms with van der Waals surface area (Å²) in [6.07, 6.45) is 4.46. The van der Waals surface area contributed by atoms with Crippen LogP contribution in [-0.4, -0.2) is 4.57 Å². The van der Waals surface area contributed by atoms with Gasteiger partial charge in [0.2, 0.25) is 0 Å².